The molecule has 1 aromatic heterocycles. The summed E-state index contributed by atoms with van der Waals surface area (Å²) in [5.41, 5.74) is 1.74. The zero-order valence-corrected chi connectivity index (χ0v) is 8.73. The predicted octanol–water partition coefficient (Wildman–Crippen LogP) is 1.54. The minimum absolute atomic E-state index is 0.429. The Morgan fingerprint density at radius 3 is 3.13 bits per heavy atom. The Balaban J connectivity index is 2.43. The van der Waals surface area contributed by atoms with Crippen molar-refractivity contribution in [2.75, 3.05) is 0 Å². The van der Waals surface area contributed by atoms with Gasteiger partial charge < -0.3 is 5.11 Å². The number of carbonyl (C=O) groups is 1. The molecule has 0 fully saturated rings. The Morgan fingerprint density at radius 1 is 1.67 bits per heavy atom. The van der Waals surface area contributed by atoms with E-state index in [2.05, 4.69) is 9.97 Å². The number of hydrogen-bond acceptors (Lipinski definition) is 3. The molecule has 80 valence electrons. The van der Waals surface area contributed by atoms with Crippen LogP contribution in [0, 0.1) is 0 Å². The quantitative estimate of drug-likeness (QED) is 0.797. The number of aliphatic carboxylic acids is 1. The Hall–Kier alpha value is -1.45. The molecule has 15 heavy (non-hydrogen) atoms. The lowest BCUT2D eigenvalue weighted by Crippen LogP contribution is -2.20. The molecule has 1 N–H and O–H groups in total. The molecule has 2 rings (SSSR count). The van der Waals surface area contributed by atoms with Gasteiger partial charge in [0.15, 0.2) is 0 Å². The van der Waals surface area contributed by atoms with Gasteiger partial charge in [0, 0.05) is 12.6 Å². The van der Waals surface area contributed by atoms with Gasteiger partial charge in [-0.1, -0.05) is 6.92 Å². The smallest absolute Gasteiger partial charge is 0.312 e. The fraction of sp³-hybridized carbons (Fsp3) is 0.545. The number of hydrogen-bond donors (Lipinski definition) is 1. The van der Waals surface area contributed by atoms with E-state index in [1.54, 1.807) is 6.20 Å². The lowest BCUT2D eigenvalue weighted by Gasteiger charge is -2.20. The largest absolute Gasteiger partial charge is 0.481 e. The third kappa shape index (κ3) is 1.84. The van der Waals surface area contributed by atoms with Crippen molar-refractivity contribution in [2.24, 2.45) is 0 Å². The first kappa shape index (κ1) is 10.1. The number of aryl methyl sites for hydroxylation is 2. The summed E-state index contributed by atoms with van der Waals surface area (Å²) in [5.74, 6) is -0.458. The standard InChI is InChI=1S/C11H14N2O2/c1-2-9-12-6-7-4-3-5-8(11(14)15)10(7)13-9/h6,8H,2-5H2,1H3,(H,14,15). The van der Waals surface area contributed by atoms with Crippen molar-refractivity contribution in [3.8, 4) is 0 Å². The second-order valence-corrected chi connectivity index (χ2v) is 3.83. The van der Waals surface area contributed by atoms with Crippen LogP contribution in [-0.4, -0.2) is 21.0 Å². The van der Waals surface area contributed by atoms with Gasteiger partial charge in [0.1, 0.15) is 5.82 Å². The molecular formula is C11H14N2O2. The van der Waals surface area contributed by atoms with E-state index in [-0.39, 0.29) is 0 Å². The van der Waals surface area contributed by atoms with Gasteiger partial charge in [-0.15, -0.1) is 0 Å². The van der Waals surface area contributed by atoms with Crippen molar-refractivity contribution in [2.45, 2.75) is 38.5 Å². The Labute approximate surface area is 88.4 Å². The summed E-state index contributed by atoms with van der Waals surface area (Å²) in [7, 11) is 0. The topological polar surface area (TPSA) is 63.1 Å². The summed E-state index contributed by atoms with van der Waals surface area (Å²) in [4.78, 5) is 19.6. The first-order chi connectivity index (χ1) is 7.22. The van der Waals surface area contributed by atoms with Crippen LogP contribution in [0.25, 0.3) is 0 Å². The molecule has 1 aliphatic rings. The van der Waals surface area contributed by atoms with E-state index in [0.29, 0.717) is 6.42 Å². The molecule has 0 bridgehead atoms. The van der Waals surface area contributed by atoms with Crippen molar-refractivity contribution in [3.05, 3.63) is 23.3 Å². The molecule has 0 aliphatic heterocycles. The normalized spacial score (nSPS) is 19.7. The third-order valence-electron chi connectivity index (χ3n) is 2.83. The van der Waals surface area contributed by atoms with E-state index < -0.39 is 11.9 Å². The highest BCUT2D eigenvalue weighted by Crippen LogP contribution is 2.29. The summed E-state index contributed by atoms with van der Waals surface area (Å²) in [5, 5.41) is 9.09. The van der Waals surface area contributed by atoms with Gasteiger partial charge in [-0.3, -0.25) is 4.79 Å². The summed E-state index contributed by atoms with van der Waals surface area (Å²) in [6, 6.07) is 0. The third-order valence-corrected chi connectivity index (χ3v) is 2.83. The summed E-state index contributed by atoms with van der Waals surface area (Å²) >= 11 is 0. The number of carboxylic acid groups (broad SMARTS) is 1. The van der Waals surface area contributed by atoms with Crippen LogP contribution in [-0.2, 0) is 17.6 Å². The highest BCUT2D eigenvalue weighted by molar-refractivity contribution is 5.76. The average Bonchev–Trinajstić information content (AvgIpc) is 2.27. The minimum atomic E-state index is -0.767. The van der Waals surface area contributed by atoms with Gasteiger partial charge in [-0.25, -0.2) is 9.97 Å². The molecule has 0 aromatic carbocycles. The Kier molecular flexibility index (Phi) is 2.66. The zero-order valence-electron chi connectivity index (χ0n) is 8.73. The van der Waals surface area contributed by atoms with Gasteiger partial charge in [-0.2, -0.15) is 0 Å². The van der Waals surface area contributed by atoms with E-state index in [0.717, 1.165) is 36.3 Å². The predicted molar refractivity (Wildman–Crippen MR) is 54.7 cm³/mol. The van der Waals surface area contributed by atoms with Gasteiger partial charge in [0.25, 0.3) is 0 Å². The van der Waals surface area contributed by atoms with Gasteiger partial charge in [0.2, 0.25) is 0 Å². The van der Waals surface area contributed by atoms with Crippen molar-refractivity contribution < 1.29 is 9.90 Å². The maximum Gasteiger partial charge on any atom is 0.312 e. The summed E-state index contributed by atoms with van der Waals surface area (Å²) in [6.45, 7) is 1.97. The van der Waals surface area contributed by atoms with Crippen LogP contribution >= 0.6 is 0 Å². The molecule has 4 nitrogen and oxygen atoms in total. The second kappa shape index (κ2) is 3.96. The first-order valence-electron chi connectivity index (χ1n) is 5.30. The molecule has 1 aliphatic carbocycles. The molecule has 0 saturated heterocycles. The molecule has 0 spiro atoms. The van der Waals surface area contributed by atoms with Crippen LogP contribution in [0.5, 0.6) is 0 Å². The van der Waals surface area contributed by atoms with Gasteiger partial charge >= 0.3 is 5.97 Å². The highest BCUT2D eigenvalue weighted by Gasteiger charge is 2.27. The van der Waals surface area contributed by atoms with Gasteiger partial charge in [-0.05, 0) is 24.8 Å². The average molecular weight is 206 g/mol. The highest BCUT2D eigenvalue weighted by atomic mass is 16.4. The van der Waals surface area contributed by atoms with E-state index >= 15 is 0 Å². The first-order valence-corrected chi connectivity index (χ1v) is 5.30. The van der Waals surface area contributed by atoms with E-state index in [4.69, 9.17) is 5.11 Å². The lowest BCUT2D eigenvalue weighted by molar-refractivity contribution is -0.139. The molecule has 1 heterocycles. The Bertz CT molecular complexity index is 390. The fourth-order valence-electron chi connectivity index (χ4n) is 2.00. The van der Waals surface area contributed by atoms with Crippen LogP contribution in [0.2, 0.25) is 0 Å². The Morgan fingerprint density at radius 2 is 2.47 bits per heavy atom. The number of carboxylic acids is 1. The van der Waals surface area contributed by atoms with Crippen LogP contribution in [0.4, 0.5) is 0 Å². The number of nitrogens with zero attached hydrogens (tertiary/aromatic N) is 2. The van der Waals surface area contributed by atoms with Crippen LogP contribution in [0.3, 0.4) is 0 Å². The summed E-state index contributed by atoms with van der Waals surface area (Å²) in [6.07, 6.45) is 5.06. The number of aromatic nitrogens is 2. The number of fused-ring (bicyclic) bond motifs is 1. The molecule has 1 unspecified atom stereocenters. The molecule has 1 aromatic rings. The van der Waals surface area contributed by atoms with E-state index in [9.17, 15) is 4.79 Å². The van der Waals surface area contributed by atoms with Crippen LogP contribution < -0.4 is 0 Å². The zero-order chi connectivity index (χ0) is 10.8. The molecule has 0 saturated carbocycles. The van der Waals surface area contributed by atoms with E-state index in [1.807, 2.05) is 6.92 Å². The maximum atomic E-state index is 11.1. The lowest BCUT2D eigenvalue weighted by atomic mass is 9.87. The summed E-state index contributed by atoms with van der Waals surface area (Å²) < 4.78 is 0. The molecule has 0 radical (unpaired) electrons. The molecule has 1 atom stereocenters. The van der Waals surface area contributed by atoms with Crippen LogP contribution in [0.1, 0.15) is 42.8 Å². The van der Waals surface area contributed by atoms with Crippen molar-refractivity contribution in [3.63, 3.8) is 0 Å². The van der Waals surface area contributed by atoms with Gasteiger partial charge in [0.05, 0.1) is 11.6 Å². The van der Waals surface area contributed by atoms with Crippen molar-refractivity contribution in [1.82, 2.24) is 9.97 Å². The second-order valence-electron chi connectivity index (χ2n) is 3.83. The maximum absolute atomic E-state index is 11.1. The van der Waals surface area contributed by atoms with Crippen molar-refractivity contribution >= 4 is 5.97 Å². The number of rotatable bonds is 2. The monoisotopic (exact) mass is 206 g/mol. The minimum Gasteiger partial charge on any atom is -0.481 e. The molecule has 4 heteroatoms. The molecular weight excluding hydrogens is 192 g/mol. The fourth-order valence-corrected chi connectivity index (χ4v) is 2.00. The van der Waals surface area contributed by atoms with E-state index in [1.165, 1.54) is 0 Å². The van der Waals surface area contributed by atoms with Crippen molar-refractivity contribution in [1.29, 1.82) is 0 Å². The molecule has 0 amide bonds. The van der Waals surface area contributed by atoms with Crippen LogP contribution in [0.15, 0.2) is 6.20 Å². The SMILES string of the molecule is CCc1ncc2c(n1)C(C(=O)O)CCC2.